The van der Waals surface area contributed by atoms with Crippen LogP contribution in [0.1, 0.15) is 31.2 Å². The Labute approximate surface area is 106 Å². The van der Waals surface area contributed by atoms with Crippen LogP contribution in [-0.2, 0) is 6.54 Å². The van der Waals surface area contributed by atoms with E-state index in [-0.39, 0.29) is 0 Å². The molecular formula is C13H19BrN2. The Bertz CT molecular complexity index is 359. The quantitative estimate of drug-likeness (QED) is 0.861. The lowest BCUT2D eigenvalue weighted by atomic mass is 10.1. The molecule has 0 amide bonds. The molecule has 0 radical (unpaired) electrons. The van der Waals surface area contributed by atoms with Gasteiger partial charge in [-0.1, -0.05) is 34.8 Å². The summed E-state index contributed by atoms with van der Waals surface area (Å²) in [7, 11) is 2.22. The Kier molecular flexibility index (Phi) is 3.87. The summed E-state index contributed by atoms with van der Waals surface area (Å²) in [5.41, 5.74) is 7.88. The first-order valence-electron chi connectivity index (χ1n) is 5.91. The van der Waals surface area contributed by atoms with E-state index >= 15 is 0 Å². The molecule has 2 N–H and O–H groups in total. The lowest BCUT2D eigenvalue weighted by Crippen LogP contribution is -2.28. The van der Waals surface area contributed by atoms with Gasteiger partial charge in [0.05, 0.1) is 0 Å². The molecule has 0 spiro atoms. The molecule has 1 aromatic carbocycles. The van der Waals surface area contributed by atoms with Gasteiger partial charge in [-0.2, -0.15) is 0 Å². The minimum atomic E-state index is 0.768. The number of halogens is 1. The van der Waals surface area contributed by atoms with Gasteiger partial charge in [0, 0.05) is 22.7 Å². The second-order valence-corrected chi connectivity index (χ2v) is 5.56. The molecule has 1 aromatic rings. The predicted molar refractivity (Wildman–Crippen MR) is 72.3 cm³/mol. The molecule has 2 nitrogen and oxygen atoms in total. The van der Waals surface area contributed by atoms with Crippen LogP contribution in [0.5, 0.6) is 0 Å². The summed E-state index contributed by atoms with van der Waals surface area (Å²) in [4.78, 5) is 2.46. The fourth-order valence-corrected chi connectivity index (χ4v) is 2.96. The number of hydrogen-bond donors (Lipinski definition) is 1. The molecule has 0 unspecified atom stereocenters. The second kappa shape index (κ2) is 5.19. The fourth-order valence-electron chi connectivity index (χ4n) is 2.43. The topological polar surface area (TPSA) is 29.3 Å². The van der Waals surface area contributed by atoms with Crippen molar-refractivity contribution in [2.45, 2.75) is 38.3 Å². The first-order valence-corrected chi connectivity index (χ1v) is 6.70. The number of nitrogen functional groups attached to an aromatic ring is 1. The molecular weight excluding hydrogens is 264 g/mol. The first kappa shape index (κ1) is 11.9. The van der Waals surface area contributed by atoms with E-state index in [9.17, 15) is 0 Å². The molecule has 3 heteroatoms. The van der Waals surface area contributed by atoms with E-state index in [2.05, 4.69) is 33.9 Å². The zero-order chi connectivity index (χ0) is 11.5. The maximum absolute atomic E-state index is 5.74. The third-order valence-electron chi connectivity index (χ3n) is 3.44. The first-order chi connectivity index (χ1) is 7.66. The van der Waals surface area contributed by atoms with Crippen molar-refractivity contribution in [2.75, 3.05) is 12.8 Å². The maximum atomic E-state index is 5.74. The van der Waals surface area contributed by atoms with Crippen molar-refractivity contribution in [1.29, 1.82) is 0 Å². The van der Waals surface area contributed by atoms with Crippen LogP contribution < -0.4 is 5.73 Å². The molecule has 88 valence electrons. The normalized spacial score (nSPS) is 17.2. The van der Waals surface area contributed by atoms with Crippen LogP contribution >= 0.6 is 15.9 Å². The zero-order valence-corrected chi connectivity index (χ0v) is 11.3. The van der Waals surface area contributed by atoms with Gasteiger partial charge in [-0.25, -0.2) is 0 Å². The van der Waals surface area contributed by atoms with Crippen molar-refractivity contribution in [3.05, 3.63) is 28.2 Å². The van der Waals surface area contributed by atoms with E-state index in [4.69, 9.17) is 5.73 Å². The zero-order valence-electron chi connectivity index (χ0n) is 9.75. The molecule has 0 heterocycles. The number of hydrogen-bond acceptors (Lipinski definition) is 2. The van der Waals surface area contributed by atoms with Crippen LogP contribution in [0.4, 0.5) is 5.69 Å². The van der Waals surface area contributed by atoms with Crippen molar-refractivity contribution < 1.29 is 0 Å². The van der Waals surface area contributed by atoms with Gasteiger partial charge in [-0.15, -0.1) is 0 Å². The summed E-state index contributed by atoms with van der Waals surface area (Å²) in [5.74, 6) is 0. The highest BCUT2D eigenvalue weighted by Crippen LogP contribution is 2.26. The molecule has 0 aromatic heterocycles. The van der Waals surface area contributed by atoms with Gasteiger partial charge in [0.25, 0.3) is 0 Å². The van der Waals surface area contributed by atoms with Gasteiger partial charge in [-0.3, -0.25) is 4.90 Å². The molecule has 0 saturated heterocycles. The molecule has 1 aliphatic carbocycles. The molecule has 2 rings (SSSR count). The van der Waals surface area contributed by atoms with E-state index in [0.29, 0.717) is 0 Å². The van der Waals surface area contributed by atoms with Crippen LogP contribution in [0.15, 0.2) is 22.7 Å². The molecule has 0 aliphatic heterocycles. The molecule has 0 atom stereocenters. The Balaban J connectivity index is 2.02. The molecule has 0 bridgehead atoms. The van der Waals surface area contributed by atoms with Crippen molar-refractivity contribution in [2.24, 2.45) is 0 Å². The van der Waals surface area contributed by atoms with E-state index in [1.165, 1.54) is 31.2 Å². The average molecular weight is 283 g/mol. The van der Waals surface area contributed by atoms with Crippen LogP contribution in [0, 0.1) is 0 Å². The van der Waals surface area contributed by atoms with Crippen LogP contribution in [0.3, 0.4) is 0 Å². The van der Waals surface area contributed by atoms with Gasteiger partial charge < -0.3 is 5.73 Å². The summed E-state index contributed by atoms with van der Waals surface area (Å²) >= 11 is 3.58. The number of nitrogens with two attached hydrogens (primary N) is 1. The van der Waals surface area contributed by atoms with E-state index in [1.807, 2.05) is 12.1 Å². The summed E-state index contributed by atoms with van der Waals surface area (Å²) < 4.78 is 1.12. The smallest absolute Gasteiger partial charge is 0.0325 e. The minimum Gasteiger partial charge on any atom is -0.399 e. The maximum Gasteiger partial charge on any atom is 0.0325 e. The molecule has 16 heavy (non-hydrogen) atoms. The summed E-state index contributed by atoms with van der Waals surface area (Å²) in [5, 5.41) is 0. The van der Waals surface area contributed by atoms with Gasteiger partial charge in [0.15, 0.2) is 0 Å². The lowest BCUT2D eigenvalue weighted by molar-refractivity contribution is 0.237. The standard InChI is InChI=1S/C13H19BrN2/c1-16(12-4-2-3-5-12)9-10-6-7-11(15)8-13(10)14/h6-8,12H,2-5,9,15H2,1H3. The van der Waals surface area contributed by atoms with Crippen molar-refractivity contribution >= 4 is 21.6 Å². The average Bonchev–Trinajstić information content (AvgIpc) is 2.75. The number of anilines is 1. The van der Waals surface area contributed by atoms with E-state index in [0.717, 1.165) is 22.7 Å². The Hall–Kier alpha value is -0.540. The summed E-state index contributed by atoms with van der Waals surface area (Å²) in [6, 6.07) is 6.84. The highest BCUT2D eigenvalue weighted by atomic mass is 79.9. The number of nitrogens with zero attached hydrogens (tertiary/aromatic N) is 1. The SMILES string of the molecule is CN(Cc1ccc(N)cc1Br)C1CCCC1. The van der Waals surface area contributed by atoms with E-state index in [1.54, 1.807) is 0 Å². The van der Waals surface area contributed by atoms with Crippen molar-refractivity contribution in [3.8, 4) is 0 Å². The number of rotatable bonds is 3. The molecule has 1 fully saturated rings. The Morgan fingerprint density at radius 2 is 2.06 bits per heavy atom. The lowest BCUT2D eigenvalue weighted by Gasteiger charge is -2.24. The second-order valence-electron chi connectivity index (χ2n) is 4.70. The van der Waals surface area contributed by atoms with Gasteiger partial charge in [0.1, 0.15) is 0 Å². The summed E-state index contributed by atoms with van der Waals surface area (Å²) in [6.07, 6.45) is 5.47. The largest absolute Gasteiger partial charge is 0.399 e. The molecule has 1 saturated carbocycles. The van der Waals surface area contributed by atoms with Gasteiger partial charge in [-0.05, 0) is 37.6 Å². The highest BCUT2D eigenvalue weighted by Gasteiger charge is 2.19. The minimum absolute atomic E-state index is 0.768. The van der Waals surface area contributed by atoms with E-state index < -0.39 is 0 Å². The van der Waals surface area contributed by atoms with Crippen molar-refractivity contribution in [3.63, 3.8) is 0 Å². The summed E-state index contributed by atoms with van der Waals surface area (Å²) in [6.45, 7) is 1.01. The number of benzene rings is 1. The third-order valence-corrected chi connectivity index (χ3v) is 4.18. The van der Waals surface area contributed by atoms with Gasteiger partial charge >= 0.3 is 0 Å². The third kappa shape index (κ3) is 2.77. The van der Waals surface area contributed by atoms with Crippen molar-refractivity contribution in [1.82, 2.24) is 4.90 Å². The van der Waals surface area contributed by atoms with Crippen LogP contribution in [0.2, 0.25) is 0 Å². The Morgan fingerprint density at radius 1 is 1.38 bits per heavy atom. The predicted octanol–water partition coefficient (Wildman–Crippen LogP) is 3.41. The Morgan fingerprint density at radius 3 is 2.69 bits per heavy atom. The van der Waals surface area contributed by atoms with Crippen LogP contribution in [-0.4, -0.2) is 18.0 Å². The van der Waals surface area contributed by atoms with Crippen LogP contribution in [0.25, 0.3) is 0 Å². The highest BCUT2D eigenvalue weighted by molar-refractivity contribution is 9.10. The monoisotopic (exact) mass is 282 g/mol. The molecule has 1 aliphatic rings. The van der Waals surface area contributed by atoms with Gasteiger partial charge in [0.2, 0.25) is 0 Å². The fraction of sp³-hybridized carbons (Fsp3) is 0.538.